The summed E-state index contributed by atoms with van der Waals surface area (Å²) < 4.78 is 19.1. The van der Waals surface area contributed by atoms with Crippen LogP contribution in [0.3, 0.4) is 0 Å². The standard InChI is InChI=1S/C21H20BrFN2O4/c1-2-13-9-15(22)3-8-18(13)24-19(26)12-29-21(28)14-10-20(27)25(11-14)17-6-4-16(23)5-7-17/h3-9,14H,2,10-12H2,1H3,(H,24,26)/t14-/m0/s1. The Kier molecular flexibility index (Phi) is 6.64. The maximum Gasteiger partial charge on any atom is 0.311 e. The molecular weight excluding hydrogens is 443 g/mol. The highest BCUT2D eigenvalue weighted by molar-refractivity contribution is 9.10. The van der Waals surface area contributed by atoms with Gasteiger partial charge in [0.15, 0.2) is 6.61 Å². The number of hydrogen-bond acceptors (Lipinski definition) is 4. The van der Waals surface area contributed by atoms with E-state index in [2.05, 4.69) is 21.2 Å². The van der Waals surface area contributed by atoms with Gasteiger partial charge in [0.2, 0.25) is 5.91 Å². The smallest absolute Gasteiger partial charge is 0.311 e. The normalized spacial score (nSPS) is 16.0. The summed E-state index contributed by atoms with van der Waals surface area (Å²) in [5.41, 5.74) is 2.14. The maximum absolute atomic E-state index is 13.1. The van der Waals surface area contributed by atoms with Crippen molar-refractivity contribution in [3.05, 3.63) is 58.3 Å². The van der Waals surface area contributed by atoms with Crippen LogP contribution in [0.1, 0.15) is 18.9 Å². The SMILES string of the molecule is CCc1cc(Br)ccc1NC(=O)COC(=O)[C@H]1CC(=O)N(c2ccc(F)cc2)C1. The molecule has 6 nitrogen and oxygen atoms in total. The van der Waals surface area contributed by atoms with Crippen molar-refractivity contribution in [3.63, 3.8) is 0 Å². The van der Waals surface area contributed by atoms with E-state index >= 15 is 0 Å². The number of carbonyl (C=O) groups excluding carboxylic acids is 3. The van der Waals surface area contributed by atoms with Gasteiger partial charge in [-0.3, -0.25) is 14.4 Å². The summed E-state index contributed by atoms with van der Waals surface area (Å²) in [6.07, 6.45) is 0.725. The van der Waals surface area contributed by atoms with Gasteiger partial charge in [-0.2, -0.15) is 0 Å². The van der Waals surface area contributed by atoms with Crippen LogP contribution in [0.4, 0.5) is 15.8 Å². The average Bonchev–Trinajstić information content (AvgIpc) is 3.09. The average molecular weight is 463 g/mol. The first-order valence-electron chi connectivity index (χ1n) is 9.18. The molecule has 8 heteroatoms. The minimum absolute atomic E-state index is 0.00940. The second-order valence-electron chi connectivity index (χ2n) is 6.69. The van der Waals surface area contributed by atoms with Crippen LogP contribution in [0.5, 0.6) is 0 Å². The molecule has 1 atom stereocenters. The zero-order valence-corrected chi connectivity index (χ0v) is 17.4. The van der Waals surface area contributed by atoms with Crippen LogP contribution in [0.2, 0.25) is 0 Å². The Labute approximate surface area is 176 Å². The minimum Gasteiger partial charge on any atom is -0.455 e. The van der Waals surface area contributed by atoms with Crippen molar-refractivity contribution >= 4 is 45.1 Å². The molecule has 0 aliphatic carbocycles. The van der Waals surface area contributed by atoms with Gasteiger partial charge < -0.3 is 15.0 Å². The highest BCUT2D eigenvalue weighted by Crippen LogP contribution is 2.26. The lowest BCUT2D eigenvalue weighted by Gasteiger charge is -2.16. The molecule has 0 aromatic heterocycles. The first-order chi connectivity index (χ1) is 13.9. The molecule has 2 aromatic rings. The Hall–Kier alpha value is -2.74. The first-order valence-corrected chi connectivity index (χ1v) is 9.97. The molecule has 1 aliphatic heterocycles. The summed E-state index contributed by atoms with van der Waals surface area (Å²) in [5, 5.41) is 2.73. The van der Waals surface area contributed by atoms with E-state index in [0.29, 0.717) is 11.4 Å². The van der Waals surface area contributed by atoms with E-state index in [1.54, 1.807) is 6.07 Å². The molecule has 0 radical (unpaired) electrons. The lowest BCUT2D eigenvalue weighted by molar-refractivity contribution is -0.151. The Morgan fingerprint density at radius 3 is 2.66 bits per heavy atom. The summed E-state index contributed by atoms with van der Waals surface area (Å²) in [5.74, 6) is -2.37. The third-order valence-electron chi connectivity index (χ3n) is 4.66. The number of aryl methyl sites for hydroxylation is 1. The fraction of sp³-hybridized carbons (Fsp3) is 0.286. The van der Waals surface area contributed by atoms with Gasteiger partial charge in [-0.1, -0.05) is 22.9 Å². The second kappa shape index (κ2) is 9.17. The van der Waals surface area contributed by atoms with Gasteiger partial charge in [-0.25, -0.2) is 4.39 Å². The highest BCUT2D eigenvalue weighted by atomic mass is 79.9. The highest BCUT2D eigenvalue weighted by Gasteiger charge is 2.36. The minimum atomic E-state index is -0.667. The lowest BCUT2D eigenvalue weighted by atomic mass is 10.1. The van der Waals surface area contributed by atoms with Crippen LogP contribution < -0.4 is 10.2 Å². The van der Waals surface area contributed by atoms with E-state index < -0.39 is 30.2 Å². The monoisotopic (exact) mass is 462 g/mol. The number of rotatable bonds is 6. The van der Waals surface area contributed by atoms with E-state index in [1.807, 2.05) is 19.1 Å². The van der Waals surface area contributed by atoms with Crippen molar-refractivity contribution in [3.8, 4) is 0 Å². The van der Waals surface area contributed by atoms with Crippen LogP contribution in [0, 0.1) is 11.7 Å². The molecule has 0 saturated carbocycles. The van der Waals surface area contributed by atoms with Gasteiger partial charge >= 0.3 is 5.97 Å². The van der Waals surface area contributed by atoms with Gasteiger partial charge in [0, 0.05) is 28.8 Å². The molecule has 3 rings (SSSR count). The van der Waals surface area contributed by atoms with Crippen molar-refractivity contribution in [1.82, 2.24) is 0 Å². The Bertz CT molecular complexity index is 933. The molecule has 1 aliphatic rings. The Morgan fingerprint density at radius 2 is 1.97 bits per heavy atom. The van der Waals surface area contributed by atoms with Crippen LogP contribution in [0.25, 0.3) is 0 Å². The third-order valence-corrected chi connectivity index (χ3v) is 5.16. The van der Waals surface area contributed by atoms with Crippen molar-refractivity contribution < 1.29 is 23.5 Å². The van der Waals surface area contributed by atoms with Gasteiger partial charge in [-0.15, -0.1) is 0 Å². The molecule has 1 N–H and O–H groups in total. The van der Waals surface area contributed by atoms with E-state index in [1.165, 1.54) is 29.2 Å². The summed E-state index contributed by atoms with van der Waals surface area (Å²) in [6, 6.07) is 11.0. The summed E-state index contributed by atoms with van der Waals surface area (Å²) in [4.78, 5) is 38.1. The summed E-state index contributed by atoms with van der Waals surface area (Å²) in [6.45, 7) is 1.68. The summed E-state index contributed by atoms with van der Waals surface area (Å²) in [7, 11) is 0. The number of ether oxygens (including phenoxy) is 1. The Morgan fingerprint density at radius 1 is 1.24 bits per heavy atom. The van der Waals surface area contributed by atoms with Crippen molar-refractivity contribution in [2.75, 3.05) is 23.4 Å². The molecule has 1 saturated heterocycles. The fourth-order valence-corrected chi connectivity index (χ4v) is 3.56. The molecule has 2 amide bonds. The van der Waals surface area contributed by atoms with E-state index in [0.717, 1.165) is 16.5 Å². The molecular formula is C21H20BrFN2O4. The van der Waals surface area contributed by atoms with E-state index in [4.69, 9.17) is 4.74 Å². The van der Waals surface area contributed by atoms with Crippen LogP contribution >= 0.6 is 15.9 Å². The number of hydrogen-bond donors (Lipinski definition) is 1. The number of esters is 1. The van der Waals surface area contributed by atoms with Crippen LogP contribution in [-0.4, -0.2) is 30.9 Å². The van der Waals surface area contributed by atoms with Gasteiger partial charge in [0.25, 0.3) is 5.91 Å². The fourth-order valence-electron chi connectivity index (χ4n) is 3.15. The quantitative estimate of drug-likeness (QED) is 0.664. The van der Waals surface area contributed by atoms with Crippen molar-refractivity contribution in [2.45, 2.75) is 19.8 Å². The predicted molar refractivity (Wildman–Crippen MR) is 110 cm³/mol. The molecule has 1 fully saturated rings. The number of halogens is 2. The number of anilines is 2. The molecule has 0 bridgehead atoms. The van der Waals surface area contributed by atoms with Crippen LogP contribution in [-0.2, 0) is 25.5 Å². The Balaban J connectivity index is 1.54. The zero-order chi connectivity index (χ0) is 21.0. The second-order valence-corrected chi connectivity index (χ2v) is 7.61. The number of benzene rings is 2. The molecule has 0 spiro atoms. The number of carbonyl (C=O) groups is 3. The van der Waals surface area contributed by atoms with Crippen molar-refractivity contribution in [1.29, 1.82) is 0 Å². The molecule has 152 valence electrons. The lowest BCUT2D eigenvalue weighted by Crippen LogP contribution is -2.28. The van der Waals surface area contributed by atoms with Crippen molar-refractivity contribution in [2.24, 2.45) is 5.92 Å². The van der Waals surface area contributed by atoms with Gasteiger partial charge in [0.05, 0.1) is 5.92 Å². The molecule has 2 aromatic carbocycles. The number of amides is 2. The summed E-state index contributed by atoms with van der Waals surface area (Å²) >= 11 is 3.39. The maximum atomic E-state index is 13.1. The van der Waals surface area contributed by atoms with E-state index in [-0.39, 0.29) is 18.9 Å². The molecule has 1 heterocycles. The predicted octanol–water partition coefficient (Wildman–Crippen LogP) is 3.69. The largest absolute Gasteiger partial charge is 0.455 e. The zero-order valence-electron chi connectivity index (χ0n) is 15.8. The van der Waals surface area contributed by atoms with Gasteiger partial charge in [0.1, 0.15) is 5.82 Å². The van der Waals surface area contributed by atoms with Gasteiger partial charge in [-0.05, 0) is 54.4 Å². The third kappa shape index (κ3) is 5.20. The molecule has 29 heavy (non-hydrogen) atoms. The molecule has 0 unspecified atom stereocenters. The van der Waals surface area contributed by atoms with Crippen LogP contribution in [0.15, 0.2) is 46.9 Å². The number of nitrogens with one attached hydrogen (secondary N) is 1. The number of nitrogens with zero attached hydrogens (tertiary/aromatic N) is 1. The topological polar surface area (TPSA) is 75.7 Å². The first kappa shape index (κ1) is 21.0. The van der Waals surface area contributed by atoms with E-state index in [9.17, 15) is 18.8 Å².